The molecule has 3 rings (SSSR count). The number of benzene rings is 2. The van der Waals surface area contributed by atoms with E-state index in [1.807, 2.05) is 13.0 Å². The number of halogens is 1. The van der Waals surface area contributed by atoms with Gasteiger partial charge in [-0.25, -0.2) is 0 Å². The first-order valence-electron chi connectivity index (χ1n) is 8.90. The fourth-order valence-electron chi connectivity index (χ4n) is 3.05. The molecular formula is C20H25IN4O2. The molecule has 0 aliphatic carbocycles. The molecule has 0 atom stereocenters. The van der Waals surface area contributed by atoms with E-state index in [-0.39, 0.29) is 41.2 Å². The molecule has 1 amide bonds. The van der Waals surface area contributed by atoms with Crippen molar-refractivity contribution in [2.45, 2.75) is 13.3 Å². The van der Waals surface area contributed by atoms with Crippen LogP contribution in [0.25, 0.3) is 0 Å². The molecule has 27 heavy (non-hydrogen) atoms. The molecule has 0 aromatic heterocycles. The first-order chi connectivity index (χ1) is 12.7. The second kappa shape index (κ2) is 10.1. The number of hydrogen-bond donors (Lipinski definition) is 3. The van der Waals surface area contributed by atoms with Crippen molar-refractivity contribution in [1.82, 2.24) is 10.6 Å². The fourth-order valence-corrected chi connectivity index (χ4v) is 3.05. The molecule has 2 aromatic carbocycles. The number of carbonyl (C=O) groups excluding carboxylic acids is 1. The van der Waals surface area contributed by atoms with Crippen molar-refractivity contribution in [3.8, 4) is 5.75 Å². The number of para-hydroxylation sites is 2. The van der Waals surface area contributed by atoms with Crippen LogP contribution in [-0.4, -0.2) is 43.2 Å². The van der Waals surface area contributed by atoms with Gasteiger partial charge in [-0.05, 0) is 37.1 Å². The first-order valence-corrected chi connectivity index (χ1v) is 8.90. The summed E-state index contributed by atoms with van der Waals surface area (Å²) >= 11 is 0. The lowest BCUT2D eigenvalue weighted by atomic mass is 10.2. The first kappa shape index (κ1) is 21.0. The third kappa shape index (κ3) is 5.12. The van der Waals surface area contributed by atoms with Gasteiger partial charge in [-0.1, -0.05) is 30.3 Å². The van der Waals surface area contributed by atoms with E-state index in [1.54, 1.807) is 18.2 Å². The van der Waals surface area contributed by atoms with E-state index >= 15 is 0 Å². The topological polar surface area (TPSA) is 77.0 Å². The summed E-state index contributed by atoms with van der Waals surface area (Å²) in [7, 11) is 0. The van der Waals surface area contributed by atoms with Crippen molar-refractivity contribution in [3.63, 3.8) is 0 Å². The highest BCUT2D eigenvalue weighted by Gasteiger charge is 2.22. The number of amides is 1. The van der Waals surface area contributed by atoms with Crippen molar-refractivity contribution in [2.24, 2.45) is 4.99 Å². The molecule has 6 nitrogen and oxygen atoms in total. The van der Waals surface area contributed by atoms with Crippen LogP contribution in [0.5, 0.6) is 5.75 Å². The monoisotopic (exact) mass is 480 g/mol. The summed E-state index contributed by atoms with van der Waals surface area (Å²) in [5.74, 6) is 0.514. The molecular weight excluding hydrogens is 455 g/mol. The molecule has 0 spiro atoms. The number of fused-ring (bicyclic) bond motifs is 1. The van der Waals surface area contributed by atoms with Gasteiger partial charge in [0.05, 0.1) is 12.1 Å². The van der Waals surface area contributed by atoms with Gasteiger partial charge in [-0.15, -0.1) is 24.0 Å². The van der Waals surface area contributed by atoms with Crippen molar-refractivity contribution in [3.05, 3.63) is 59.7 Å². The highest BCUT2D eigenvalue weighted by atomic mass is 127. The lowest BCUT2D eigenvalue weighted by Crippen LogP contribution is -2.41. The summed E-state index contributed by atoms with van der Waals surface area (Å²) in [5.41, 5.74) is 2.79. The van der Waals surface area contributed by atoms with Gasteiger partial charge in [0, 0.05) is 25.3 Å². The van der Waals surface area contributed by atoms with Crippen LogP contribution in [0.3, 0.4) is 0 Å². The summed E-state index contributed by atoms with van der Waals surface area (Å²) in [6.07, 6.45) is 1.00. The minimum Gasteiger partial charge on any atom is -0.507 e. The predicted molar refractivity (Wildman–Crippen MR) is 119 cm³/mol. The molecule has 0 saturated carbocycles. The average molecular weight is 480 g/mol. The maximum Gasteiger partial charge on any atom is 0.255 e. The highest BCUT2D eigenvalue weighted by Crippen LogP contribution is 2.27. The summed E-state index contributed by atoms with van der Waals surface area (Å²) in [4.78, 5) is 18.9. The van der Waals surface area contributed by atoms with E-state index in [0.29, 0.717) is 13.1 Å². The fraction of sp³-hybridized carbons (Fsp3) is 0.300. The molecule has 0 fully saturated rings. The van der Waals surface area contributed by atoms with Crippen LogP contribution in [0.4, 0.5) is 5.69 Å². The Morgan fingerprint density at radius 1 is 1.15 bits per heavy atom. The molecule has 2 aromatic rings. The number of nitrogens with zero attached hydrogens (tertiary/aromatic N) is 2. The van der Waals surface area contributed by atoms with Gasteiger partial charge in [0.25, 0.3) is 5.91 Å². The Kier molecular flexibility index (Phi) is 7.90. The molecule has 1 aliphatic rings. The number of phenolic OH excluding ortho intramolecular Hbond substituents is 1. The molecule has 0 radical (unpaired) electrons. The van der Waals surface area contributed by atoms with Crippen molar-refractivity contribution < 1.29 is 9.90 Å². The molecule has 0 bridgehead atoms. The maximum absolute atomic E-state index is 12.1. The number of carbonyl (C=O) groups is 1. The van der Waals surface area contributed by atoms with Crippen molar-refractivity contribution in [1.29, 1.82) is 0 Å². The third-order valence-corrected chi connectivity index (χ3v) is 4.29. The number of nitrogens with one attached hydrogen (secondary N) is 2. The molecule has 144 valence electrons. The van der Waals surface area contributed by atoms with E-state index in [2.05, 4.69) is 38.7 Å². The maximum atomic E-state index is 12.1. The van der Waals surface area contributed by atoms with Gasteiger partial charge >= 0.3 is 0 Å². The van der Waals surface area contributed by atoms with Crippen molar-refractivity contribution >= 4 is 41.5 Å². The molecule has 1 heterocycles. The SMILES string of the molecule is CCNC(=NCCNC(=O)c1ccccc1O)N1CCc2ccccc21.I. The van der Waals surface area contributed by atoms with Gasteiger partial charge in [-0.2, -0.15) is 0 Å². The Labute approximate surface area is 176 Å². The van der Waals surface area contributed by atoms with E-state index in [1.165, 1.54) is 17.3 Å². The minimum absolute atomic E-state index is 0. The second-order valence-electron chi connectivity index (χ2n) is 6.04. The average Bonchev–Trinajstić information content (AvgIpc) is 3.08. The summed E-state index contributed by atoms with van der Waals surface area (Å²) in [5, 5.41) is 15.8. The van der Waals surface area contributed by atoms with Crippen LogP contribution in [0, 0.1) is 0 Å². The molecule has 3 N–H and O–H groups in total. The van der Waals surface area contributed by atoms with E-state index in [9.17, 15) is 9.90 Å². The number of anilines is 1. The Hall–Kier alpha value is -2.29. The zero-order chi connectivity index (χ0) is 18.4. The summed E-state index contributed by atoms with van der Waals surface area (Å²) in [6.45, 7) is 4.58. The minimum atomic E-state index is -0.296. The summed E-state index contributed by atoms with van der Waals surface area (Å²) < 4.78 is 0. The summed E-state index contributed by atoms with van der Waals surface area (Å²) in [6, 6.07) is 14.9. The largest absolute Gasteiger partial charge is 0.507 e. The van der Waals surface area contributed by atoms with Gasteiger partial charge < -0.3 is 20.6 Å². The van der Waals surface area contributed by atoms with Gasteiger partial charge in [0.1, 0.15) is 5.75 Å². The number of phenols is 1. The van der Waals surface area contributed by atoms with Crippen LogP contribution in [0.15, 0.2) is 53.5 Å². The Morgan fingerprint density at radius 3 is 2.67 bits per heavy atom. The molecule has 7 heteroatoms. The Morgan fingerprint density at radius 2 is 1.89 bits per heavy atom. The predicted octanol–water partition coefficient (Wildman–Crippen LogP) is 2.77. The zero-order valence-electron chi connectivity index (χ0n) is 15.3. The second-order valence-corrected chi connectivity index (χ2v) is 6.04. The van der Waals surface area contributed by atoms with Crippen LogP contribution < -0.4 is 15.5 Å². The van der Waals surface area contributed by atoms with Gasteiger partial charge in [0.2, 0.25) is 0 Å². The lowest BCUT2D eigenvalue weighted by Gasteiger charge is -2.22. The molecule has 1 aliphatic heterocycles. The number of aliphatic imine (C=N–C) groups is 1. The number of aromatic hydroxyl groups is 1. The number of hydrogen-bond acceptors (Lipinski definition) is 3. The third-order valence-electron chi connectivity index (χ3n) is 4.29. The van der Waals surface area contributed by atoms with Gasteiger partial charge in [0.15, 0.2) is 5.96 Å². The zero-order valence-corrected chi connectivity index (χ0v) is 17.6. The molecule has 0 unspecified atom stereocenters. The number of guanidine groups is 1. The van der Waals surface area contributed by atoms with E-state index in [0.717, 1.165) is 25.5 Å². The molecule has 0 saturated heterocycles. The number of rotatable bonds is 5. The van der Waals surface area contributed by atoms with Crippen molar-refractivity contribution in [2.75, 3.05) is 31.1 Å². The van der Waals surface area contributed by atoms with Crippen LogP contribution >= 0.6 is 24.0 Å². The van der Waals surface area contributed by atoms with Gasteiger partial charge in [-0.3, -0.25) is 9.79 Å². The lowest BCUT2D eigenvalue weighted by molar-refractivity contribution is 0.0952. The van der Waals surface area contributed by atoms with Crippen LogP contribution in [-0.2, 0) is 6.42 Å². The smallest absolute Gasteiger partial charge is 0.255 e. The Balaban J connectivity index is 0.00000261. The van der Waals surface area contributed by atoms with Crippen LogP contribution in [0.1, 0.15) is 22.8 Å². The normalized spacial score (nSPS) is 12.9. The quantitative estimate of drug-likeness (QED) is 0.266. The Bertz CT molecular complexity index is 810. The van der Waals surface area contributed by atoms with Crippen LogP contribution in [0.2, 0.25) is 0 Å². The highest BCUT2D eigenvalue weighted by molar-refractivity contribution is 14.0. The van der Waals surface area contributed by atoms with E-state index < -0.39 is 0 Å². The van der Waals surface area contributed by atoms with E-state index in [4.69, 9.17) is 0 Å². The standard InChI is InChI=1S/C20H24N4O2.HI/c1-2-21-20(24-14-11-15-7-3-5-9-17(15)24)23-13-12-22-19(26)16-8-4-6-10-18(16)25;/h3-10,25H,2,11-14H2,1H3,(H,21,23)(H,22,26);1H.